The van der Waals surface area contributed by atoms with Crippen molar-refractivity contribution in [2.45, 2.75) is 6.92 Å². The Hall–Kier alpha value is -7.17. The van der Waals surface area contributed by atoms with E-state index in [9.17, 15) is 9.90 Å². The van der Waals surface area contributed by atoms with Crippen LogP contribution in [0.3, 0.4) is 0 Å². The van der Waals surface area contributed by atoms with Crippen LogP contribution < -0.4 is 0 Å². The Balaban J connectivity index is 1.28. The molecule has 4 heteroatoms. The lowest BCUT2D eigenvalue weighted by atomic mass is 9.83. The molecule has 8 rings (SSSR count). The largest absolute Gasteiger partial charge is 0.512 e. The van der Waals surface area contributed by atoms with Crippen molar-refractivity contribution in [3.8, 4) is 67.0 Å². The number of allylic oxidation sites excluding steroid dienone is 8. The van der Waals surface area contributed by atoms with Crippen LogP contribution in [0.15, 0.2) is 206 Å². The van der Waals surface area contributed by atoms with Crippen molar-refractivity contribution < 1.29 is 9.90 Å². The quantitative estimate of drug-likeness (QED) is 0.120. The van der Waals surface area contributed by atoms with Crippen LogP contribution in [0.4, 0.5) is 0 Å². The molecule has 0 amide bonds. The van der Waals surface area contributed by atoms with Crippen LogP contribution in [0.25, 0.3) is 72.6 Å². The summed E-state index contributed by atoms with van der Waals surface area (Å²) < 4.78 is 0. The summed E-state index contributed by atoms with van der Waals surface area (Å²) in [6, 6.07) is 52.5. The molecule has 1 aliphatic carbocycles. The minimum atomic E-state index is -0.580. The standard InChI is InChI=1S/C51H38N2O2/c1-35(54)31-51(55)48-18-4-2-3-13-47(48)42-33-40(45-16-7-5-14-43(45)36-21-25-38(26-22-36)49-19-9-11-29-52-49)32-41(34-42)46-17-8-6-15-44(46)37-23-27-39(28-24-37)50-20-10-12-30-53-50/h2-34,48,54H,1H3/b35-31-. The van der Waals surface area contributed by atoms with E-state index < -0.39 is 5.92 Å². The summed E-state index contributed by atoms with van der Waals surface area (Å²) in [5, 5.41) is 10.1. The molecule has 5 aromatic carbocycles. The molecule has 2 heterocycles. The molecule has 0 radical (unpaired) electrons. The molecule has 7 aromatic rings. The third-order valence-corrected chi connectivity index (χ3v) is 9.85. The minimum absolute atomic E-state index is 0.0182. The van der Waals surface area contributed by atoms with Gasteiger partial charge in [-0.2, -0.15) is 0 Å². The predicted molar refractivity (Wildman–Crippen MR) is 226 cm³/mol. The number of benzene rings is 5. The van der Waals surface area contributed by atoms with Crippen LogP contribution in [0.2, 0.25) is 0 Å². The van der Waals surface area contributed by atoms with Gasteiger partial charge in [0.25, 0.3) is 0 Å². The number of nitrogens with zero attached hydrogens (tertiary/aromatic N) is 2. The van der Waals surface area contributed by atoms with E-state index in [0.717, 1.165) is 78.2 Å². The van der Waals surface area contributed by atoms with Crippen molar-refractivity contribution >= 4 is 11.4 Å². The second-order valence-electron chi connectivity index (χ2n) is 13.5. The number of aliphatic hydroxyl groups excluding tert-OH is 1. The fraction of sp³-hybridized carbons (Fsp3) is 0.0392. The summed E-state index contributed by atoms with van der Waals surface area (Å²) in [5.74, 6) is -0.778. The number of rotatable bonds is 9. The third kappa shape index (κ3) is 7.66. The first-order chi connectivity index (χ1) is 27.0. The maximum atomic E-state index is 13.6. The van der Waals surface area contributed by atoms with Crippen molar-refractivity contribution in [1.82, 2.24) is 9.97 Å². The molecule has 1 aliphatic rings. The van der Waals surface area contributed by atoms with Gasteiger partial charge in [0.1, 0.15) is 0 Å². The molecule has 1 atom stereocenters. The van der Waals surface area contributed by atoms with Gasteiger partial charge in [-0.05, 0) is 105 Å². The van der Waals surface area contributed by atoms with E-state index >= 15 is 0 Å². The fourth-order valence-corrected chi connectivity index (χ4v) is 7.21. The van der Waals surface area contributed by atoms with E-state index in [2.05, 4.69) is 125 Å². The van der Waals surface area contributed by atoms with Gasteiger partial charge in [0.2, 0.25) is 0 Å². The average molecular weight is 711 g/mol. The lowest BCUT2D eigenvalue weighted by Gasteiger charge is -2.20. The van der Waals surface area contributed by atoms with Gasteiger partial charge in [-0.3, -0.25) is 14.8 Å². The molecular weight excluding hydrogens is 673 g/mol. The molecule has 0 saturated heterocycles. The Kier molecular flexibility index (Phi) is 10.0. The third-order valence-electron chi connectivity index (χ3n) is 9.85. The lowest BCUT2D eigenvalue weighted by molar-refractivity contribution is -0.115. The topological polar surface area (TPSA) is 63.1 Å². The van der Waals surface area contributed by atoms with Gasteiger partial charge in [0.15, 0.2) is 5.78 Å². The maximum Gasteiger partial charge on any atom is 0.170 e. The smallest absolute Gasteiger partial charge is 0.170 e. The summed E-state index contributed by atoms with van der Waals surface area (Å²) in [5.41, 5.74) is 14.3. The first-order valence-electron chi connectivity index (χ1n) is 18.4. The molecule has 264 valence electrons. The highest BCUT2D eigenvalue weighted by Crippen LogP contribution is 2.41. The van der Waals surface area contributed by atoms with Gasteiger partial charge >= 0.3 is 0 Å². The lowest BCUT2D eigenvalue weighted by Crippen LogP contribution is -2.12. The molecular formula is C51H38N2O2. The second-order valence-corrected chi connectivity index (χ2v) is 13.5. The van der Waals surface area contributed by atoms with Crippen LogP contribution >= 0.6 is 0 Å². The number of ketones is 1. The second kappa shape index (κ2) is 15.8. The Morgan fingerprint density at radius 3 is 1.40 bits per heavy atom. The molecule has 0 fully saturated rings. The number of carbonyl (C=O) groups excluding carboxylic acids is 1. The summed E-state index contributed by atoms with van der Waals surface area (Å²) in [6.07, 6.45) is 14.6. The molecule has 0 aliphatic heterocycles. The van der Waals surface area contributed by atoms with Crippen molar-refractivity contribution in [3.63, 3.8) is 0 Å². The van der Waals surface area contributed by atoms with Crippen LogP contribution in [-0.4, -0.2) is 20.9 Å². The zero-order valence-corrected chi connectivity index (χ0v) is 30.4. The van der Waals surface area contributed by atoms with E-state index in [1.54, 1.807) is 0 Å². The van der Waals surface area contributed by atoms with Crippen molar-refractivity contribution in [2.24, 2.45) is 5.92 Å². The number of hydrogen-bond acceptors (Lipinski definition) is 4. The highest BCUT2D eigenvalue weighted by Gasteiger charge is 2.23. The van der Waals surface area contributed by atoms with E-state index in [1.807, 2.05) is 79.2 Å². The number of aliphatic hydroxyl groups is 1. The zero-order chi connectivity index (χ0) is 37.6. The van der Waals surface area contributed by atoms with E-state index in [4.69, 9.17) is 0 Å². The zero-order valence-electron chi connectivity index (χ0n) is 30.4. The van der Waals surface area contributed by atoms with Crippen LogP contribution in [-0.2, 0) is 4.79 Å². The molecule has 1 N–H and O–H groups in total. The van der Waals surface area contributed by atoms with Crippen LogP contribution in [0.1, 0.15) is 12.5 Å². The molecule has 1 unspecified atom stereocenters. The maximum absolute atomic E-state index is 13.6. The van der Waals surface area contributed by atoms with Crippen molar-refractivity contribution in [3.05, 3.63) is 212 Å². The summed E-state index contributed by atoms with van der Waals surface area (Å²) in [7, 11) is 0. The molecule has 4 nitrogen and oxygen atoms in total. The number of aromatic nitrogens is 2. The first kappa shape index (κ1) is 34.9. The van der Waals surface area contributed by atoms with Gasteiger partial charge in [-0.1, -0.05) is 140 Å². The van der Waals surface area contributed by atoms with Crippen LogP contribution in [0, 0.1) is 5.92 Å². The Bertz CT molecular complexity index is 2450. The van der Waals surface area contributed by atoms with Crippen molar-refractivity contribution in [2.75, 3.05) is 0 Å². The number of hydrogen-bond donors (Lipinski definition) is 1. The Morgan fingerprint density at radius 1 is 0.509 bits per heavy atom. The SMILES string of the molecule is C/C(O)=C/C(=O)C1C=CC=CC=C1c1cc(-c2ccccc2-c2ccc(-c3ccccn3)cc2)cc(-c2ccccc2-c2ccc(-c3ccccn3)cc2)c1. The summed E-state index contributed by atoms with van der Waals surface area (Å²) in [6.45, 7) is 1.53. The normalized spacial score (nSPS) is 13.9. The van der Waals surface area contributed by atoms with Gasteiger partial charge in [0, 0.05) is 29.6 Å². The fourth-order valence-electron chi connectivity index (χ4n) is 7.21. The summed E-state index contributed by atoms with van der Waals surface area (Å²) in [4.78, 5) is 22.7. The monoisotopic (exact) mass is 710 g/mol. The van der Waals surface area contributed by atoms with E-state index in [1.165, 1.54) is 13.0 Å². The van der Waals surface area contributed by atoms with Crippen molar-refractivity contribution in [1.29, 1.82) is 0 Å². The summed E-state index contributed by atoms with van der Waals surface area (Å²) >= 11 is 0. The highest BCUT2D eigenvalue weighted by atomic mass is 16.3. The molecule has 0 saturated carbocycles. The predicted octanol–water partition coefficient (Wildman–Crippen LogP) is 12.6. The van der Waals surface area contributed by atoms with Gasteiger partial charge in [0.05, 0.1) is 23.1 Å². The first-order valence-corrected chi connectivity index (χ1v) is 18.4. The van der Waals surface area contributed by atoms with Gasteiger partial charge in [-0.15, -0.1) is 0 Å². The van der Waals surface area contributed by atoms with Crippen LogP contribution in [0.5, 0.6) is 0 Å². The van der Waals surface area contributed by atoms with Gasteiger partial charge < -0.3 is 5.11 Å². The van der Waals surface area contributed by atoms with E-state index in [-0.39, 0.29) is 11.5 Å². The molecule has 55 heavy (non-hydrogen) atoms. The highest BCUT2D eigenvalue weighted by molar-refractivity contribution is 6.03. The minimum Gasteiger partial charge on any atom is -0.512 e. The van der Waals surface area contributed by atoms with Gasteiger partial charge in [-0.25, -0.2) is 0 Å². The van der Waals surface area contributed by atoms with E-state index in [0.29, 0.717) is 0 Å². The number of pyridine rings is 2. The Morgan fingerprint density at radius 2 is 0.945 bits per heavy atom. The average Bonchev–Trinajstić information content (AvgIpc) is 3.51. The Labute approximate surface area is 321 Å². The molecule has 2 aromatic heterocycles. The molecule has 0 spiro atoms. The molecule has 0 bridgehead atoms. The number of carbonyl (C=O) groups is 1.